The number of H-pyrrole nitrogens is 1. The van der Waals surface area contributed by atoms with Gasteiger partial charge in [0.1, 0.15) is 5.56 Å². The van der Waals surface area contributed by atoms with Crippen LogP contribution in [-0.4, -0.2) is 33.9 Å². The van der Waals surface area contributed by atoms with Crippen LogP contribution in [-0.2, 0) is 0 Å². The Balaban J connectivity index is 1.60. The van der Waals surface area contributed by atoms with Gasteiger partial charge in [-0.25, -0.2) is 0 Å². The Morgan fingerprint density at radius 2 is 1.81 bits per heavy atom. The first kappa shape index (κ1) is 24.9. The number of aromatic amines is 1. The normalized spacial score (nSPS) is 14.6. The van der Waals surface area contributed by atoms with Gasteiger partial charge in [-0.05, 0) is 49.6 Å². The van der Waals surface area contributed by atoms with Crippen LogP contribution in [0.15, 0.2) is 53.3 Å². The molecule has 1 heterocycles. The second-order valence-corrected chi connectivity index (χ2v) is 9.25. The van der Waals surface area contributed by atoms with Gasteiger partial charge in [0, 0.05) is 29.0 Å². The number of aromatic nitrogens is 2. The van der Waals surface area contributed by atoms with Gasteiger partial charge in [-0.3, -0.25) is 19.4 Å². The summed E-state index contributed by atoms with van der Waals surface area (Å²) < 4.78 is 0. The minimum Gasteiger partial charge on any atom is -0.365 e. The predicted octanol–water partition coefficient (Wildman–Crippen LogP) is 3.25. The van der Waals surface area contributed by atoms with E-state index in [9.17, 15) is 14.4 Å². The van der Waals surface area contributed by atoms with Crippen molar-refractivity contribution >= 4 is 35.0 Å². The Morgan fingerprint density at radius 3 is 2.50 bits per heavy atom. The van der Waals surface area contributed by atoms with Crippen LogP contribution in [0.25, 0.3) is 0 Å². The highest BCUT2D eigenvalue weighted by Gasteiger charge is 2.27. The molecule has 0 spiro atoms. The Hall–Kier alpha value is -4.18. The van der Waals surface area contributed by atoms with Crippen molar-refractivity contribution in [2.75, 3.05) is 22.5 Å². The summed E-state index contributed by atoms with van der Waals surface area (Å²) in [6.07, 6.45) is 5.04. The van der Waals surface area contributed by atoms with Crippen molar-refractivity contribution in [1.82, 2.24) is 9.97 Å². The molecule has 4 rings (SSSR count). The third-order valence-electron chi connectivity index (χ3n) is 6.41. The first-order valence-corrected chi connectivity index (χ1v) is 11.9. The minimum atomic E-state index is -0.920. The van der Waals surface area contributed by atoms with Crippen molar-refractivity contribution in [1.29, 1.82) is 0 Å². The highest BCUT2D eigenvalue weighted by molar-refractivity contribution is 6.05. The van der Waals surface area contributed by atoms with Crippen LogP contribution in [0.4, 0.5) is 23.1 Å². The van der Waals surface area contributed by atoms with E-state index in [0.717, 1.165) is 37.7 Å². The number of hydrogen-bond donors (Lipinski definition) is 6. The second kappa shape index (κ2) is 10.6. The number of carbonyl (C=O) groups excluding carboxylic acids is 2. The lowest BCUT2D eigenvalue weighted by atomic mass is 9.82. The van der Waals surface area contributed by atoms with Crippen LogP contribution in [0.3, 0.4) is 0 Å². The zero-order valence-corrected chi connectivity index (χ0v) is 20.2. The minimum absolute atomic E-state index is 0.00724. The summed E-state index contributed by atoms with van der Waals surface area (Å²) in [5, 5.41) is 8.97. The number of nitrogens with one attached hydrogen (secondary N) is 4. The summed E-state index contributed by atoms with van der Waals surface area (Å²) in [6, 6.07) is 14.2. The molecular formula is C26H31N7O3. The molecule has 188 valence electrons. The summed E-state index contributed by atoms with van der Waals surface area (Å²) in [4.78, 5) is 44.6. The molecule has 1 saturated carbocycles. The second-order valence-electron chi connectivity index (χ2n) is 9.25. The number of primary amides is 1. The largest absolute Gasteiger partial charge is 0.365 e. The summed E-state index contributed by atoms with van der Waals surface area (Å²) >= 11 is 0. The summed E-state index contributed by atoms with van der Waals surface area (Å²) in [5.41, 5.74) is 13.0. The summed E-state index contributed by atoms with van der Waals surface area (Å²) in [6.45, 7) is 2.26. The fraction of sp³-hybridized carbons (Fsp3) is 0.308. The lowest BCUT2D eigenvalue weighted by Crippen LogP contribution is -2.48. The molecule has 0 bridgehead atoms. The number of nitrogens with zero attached hydrogens (tertiary/aromatic N) is 1. The molecule has 10 nitrogen and oxygen atoms in total. The molecule has 0 radical (unpaired) electrons. The van der Waals surface area contributed by atoms with Crippen molar-refractivity contribution in [3.05, 3.63) is 75.6 Å². The smallest absolute Gasteiger partial charge is 0.267 e. The van der Waals surface area contributed by atoms with Crippen molar-refractivity contribution < 1.29 is 9.59 Å². The van der Waals surface area contributed by atoms with Crippen LogP contribution < -0.4 is 33.0 Å². The number of benzene rings is 2. The first-order chi connectivity index (χ1) is 17.2. The molecule has 1 aliphatic rings. The molecule has 3 aromatic rings. The molecule has 1 aromatic heterocycles. The number of nitrogens with two attached hydrogens (primary N) is 2. The molecule has 10 heteroatoms. The Kier molecular flexibility index (Phi) is 7.35. The van der Waals surface area contributed by atoms with E-state index in [1.807, 2.05) is 25.1 Å². The van der Waals surface area contributed by atoms with Crippen molar-refractivity contribution in [2.45, 2.75) is 44.6 Å². The van der Waals surface area contributed by atoms with E-state index in [0.29, 0.717) is 23.5 Å². The molecule has 8 N–H and O–H groups in total. The number of hydrogen-bond acceptors (Lipinski definition) is 7. The highest BCUT2D eigenvalue weighted by Crippen LogP contribution is 2.27. The Morgan fingerprint density at radius 1 is 1.08 bits per heavy atom. The topological polar surface area (TPSA) is 168 Å². The van der Waals surface area contributed by atoms with E-state index in [2.05, 4.69) is 25.9 Å². The maximum absolute atomic E-state index is 12.8. The van der Waals surface area contributed by atoms with Crippen molar-refractivity contribution in [2.24, 2.45) is 11.5 Å². The number of anilines is 4. The van der Waals surface area contributed by atoms with Gasteiger partial charge in [0.25, 0.3) is 17.4 Å². The fourth-order valence-corrected chi connectivity index (χ4v) is 4.32. The number of amides is 2. The zero-order chi connectivity index (χ0) is 25.7. The third kappa shape index (κ3) is 5.89. The van der Waals surface area contributed by atoms with Gasteiger partial charge >= 0.3 is 0 Å². The number of carbonyl (C=O) groups is 2. The number of para-hydroxylation sites is 1. The number of rotatable bonds is 8. The van der Waals surface area contributed by atoms with Crippen LogP contribution in [0, 0.1) is 6.92 Å². The van der Waals surface area contributed by atoms with Gasteiger partial charge in [-0.15, -0.1) is 0 Å². The van der Waals surface area contributed by atoms with Crippen LogP contribution in [0.1, 0.15) is 58.4 Å². The van der Waals surface area contributed by atoms with Gasteiger partial charge in [-0.2, -0.15) is 4.98 Å². The maximum atomic E-state index is 12.8. The van der Waals surface area contributed by atoms with E-state index < -0.39 is 11.5 Å². The van der Waals surface area contributed by atoms with Crippen LogP contribution >= 0.6 is 0 Å². The standard InChI is InChI=1S/C26H31N7O3/c1-16-10-11-17(23(35)30-18-8-4-2-5-9-18)14-19(16)31-22-20(21(27)34)24(36)33-25(32-22)29-15-26(28)12-6-3-7-13-26/h2,4-5,8-11,14H,3,6-7,12-13,15,28H2,1H3,(H2,27,34)(H,30,35)(H3,29,31,32,33,36). The average molecular weight is 490 g/mol. The number of aryl methyl sites for hydroxylation is 1. The molecular weight excluding hydrogens is 458 g/mol. The van der Waals surface area contributed by atoms with E-state index in [-0.39, 0.29) is 28.8 Å². The van der Waals surface area contributed by atoms with Gasteiger partial charge in [0.15, 0.2) is 5.82 Å². The molecule has 0 atom stereocenters. The first-order valence-electron chi connectivity index (χ1n) is 11.9. The average Bonchev–Trinajstić information content (AvgIpc) is 2.85. The van der Waals surface area contributed by atoms with E-state index in [1.165, 1.54) is 0 Å². The lowest BCUT2D eigenvalue weighted by molar-refractivity contribution is 0.0996. The lowest BCUT2D eigenvalue weighted by Gasteiger charge is -2.33. The molecule has 0 unspecified atom stereocenters. The highest BCUT2D eigenvalue weighted by atomic mass is 16.2. The van der Waals surface area contributed by atoms with Crippen molar-refractivity contribution in [3.8, 4) is 0 Å². The molecule has 2 amide bonds. The monoisotopic (exact) mass is 489 g/mol. The molecule has 0 saturated heterocycles. The predicted molar refractivity (Wildman–Crippen MR) is 141 cm³/mol. The van der Waals surface area contributed by atoms with Crippen LogP contribution in [0.5, 0.6) is 0 Å². The SMILES string of the molecule is Cc1ccc(C(=O)Nc2ccccc2)cc1Nc1nc(NCC2(N)CCCCC2)[nH]c(=O)c1C(N)=O. The van der Waals surface area contributed by atoms with Gasteiger partial charge < -0.3 is 27.4 Å². The van der Waals surface area contributed by atoms with Gasteiger partial charge in [0.2, 0.25) is 5.95 Å². The zero-order valence-electron chi connectivity index (χ0n) is 20.2. The molecule has 2 aromatic carbocycles. The quantitative estimate of drug-likeness (QED) is 0.282. The molecule has 1 fully saturated rings. The molecule has 0 aliphatic heterocycles. The molecule has 36 heavy (non-hydrogen) atoms. The Labute approximate surface area is 208 Å². The maximum Gasteiger partial charge on any atom is 0.267 e. The third-order valence-corrected chi connectivity index (χ3v) is 6.41. The van der Waals surface area contributed by atoms with Gasteiger partial charge in [-0.1, -0.05) is 43.5 Å². The van der Waals surface area contributed by atoms with Gasteiger partial charge in [0.05, 0.1) is 0 Å². The van der Waals surface area contributed by atoms with Crippen molar-refractivity contribution in [3.63, 3.8) is 0 Å². The molecule has 1 aliphatic carbocycles. The van der Waals surface area contributed by atoms with E-state index in [1.54, 1.807) is 30.3 Å². The Bertz CT molecular complexity index is 1310. The summed E-state index contributed by atoms with van der Waals surface area (Å²) in [5.74, 6) is -1.05. The van der Waals surface area contributed by atoms with E-state index >= 15 is 0 Å². The fourth-order valence-electron chi connectivity index (χ4n) is 4.32. The van der Waals surface area contributed by atoms with E-state index in [4.69, 9.17) is 11.5 Å². The summed E-state index contributed by atoms with van der Waals surface area (Å²) in [7, 11) is 0. The van der Waals surface area contributed by atoms with Crippen LogP contribution in [0.2, 0.25) is 0 Å².